The van der Waals surface area contributed by atoms with E-state index in [9.17, 15) is 4.79 Å². The summed E-state index contributed by atoms with van der Waals surface area (Å²) in [4.78, 5) is 10.4. The first-order valence-electron chi connectivity index (χ1n) is 3.32. The fourth-order valence-electron chi connectivity index (χ4n) is 0.668. The Morgan fingerprint density at radius 1 is 1.70 bits per heavy atom. The van der Waals surface area contributed by atoms with Crippen molar-refractivity contribution in [3.8, 4) is 0 Å². The molecule has 0 radical (unpaired) electrons. The Balaban J connectivity index is 2.84. The number of hydrogen-bond acceptors (Lipinski definition) is 3. The summed E-state index contributed by atoms with van der Waals surface area (Å²) in [6.45, 7) is 4.01. The van der Waals surface area contributed by atoms with E-state index in [4.69, 9.17) is 4.42 Å². The lowest BCUT2D eigenvalue weighted by Crippen LogP contribution is -1.90. The van der Waals surface area contributed by atoms with Crippen LogP contribution in [0.3, 0.4) is 0 Å². The standard InChI is InChI=1S/C7H10O3/c1-3-5(2)6-4-9-7(8)10-6/h4-5H,3H2,1-2H3. The van der Waals surface area contributed by atoms with Gasteiger partial charge in [-0.25, -0.2) is 4.79 Å². The molecule has 0 bridgehead atoms. The monoisotopic (exact) mass is 142 g/mol. The minimum Gasteiger partial charge on any atom is -0.399 e. The third-order valence-electron chi connectivity index (χ3n) is 1.57. The van der Waals surface area contributed by atoms with Crippen LogP contribution in [0.1, 0.15) is 31.9 Å². The second-order valence-corrected chi connectivity index (χ2v) is 2.30. The van der Waals surface area contributed by atoms with E-state index in [0.29, 0.717) is 5.76 Å². The van der Waals surface area contributed by atoms with Gasteiger partial charge in [-0.05, 0) is 6.42 Å². The van der Waals surface area contributed by atoms with Crippen molar-refractivity contribution in [2.24, 2.45) is 0 Å². The second kappa shape index (κ2) is 2.73. The van der Waals surface area contributed by atoms with E-state index in [-0.39, 0.29) is 5.92 Å². The quantitative estimate of drug-likeness (QED) is 0.631. The van der Waals surface area contributed by atoms with E-state index in [0.717, 1.165) is 6.42 Å². The van der Waals surface area contributed by atoms with Gasteiger partial charge >= 0.3 is 5.82 Å². The zero-order valence-corrected chi connectivity index (χ0v) is 6.09. The van der Waals surface area contributed by atoms with Crippen molar-refractivity contribution in [2.75, 3.05) is 0 Å². The first-order valence-corrected chi connectivity index (χ1v) is 3.32. The smallest absolute Gasteiger partial charge is 0.399 e. The normalized spacial score (nSPS) is 13.4. The fraction of sp³-hybridized carbons (Fsp3) is 0.571. The Bertz CT molecular complexity index is 245. The van der Waals surface area contributed by atoms with E-state index in [2.05, 4.69) is 4.42 Å². The third-order valence-corrected chi connectivity index (χ3v) is 1.57. The predicted octanol–water partition coefficient (Wildman–Crippen LogP) is 1.75. The van der Waals surface area contributed by atoms with Crippen LogP contribution < -0.4 is 5.82 Å². The summed E-state index contributed by atoms with van der Waals surface area (Å²) >= 11 is 0. The van der Waals surface area contributed by atoms with Crippen molar-refractivity contribution >= 4 is 0 Å². The second-order valence-electron chi connectivity index (χ2n) is 2.30. The Morgan fingerprint density at radius 2 is 2.40 bits per heavy atom. The van der Waals surface area contributed by atoms with Crippen LogP contribution in [-0.4, -0.2) is 0 Å². The first kappa shape index (κ1) is 7.12. The molecule has 3 heteroatoms. The van der Waals surface area contributed by atoms with E-state index in [1.807, 2.05) is 13.8 Å². The molecule has 0 amide bonds. The van der Waals surface area contributed by atoms with Crippen LogP contribution in [0, 0.1) is 0 Å². The highest BCUT2D eigenvalue weighted by atomic mass is 16.6. The molecule has 1 aromatic rings. The van der Waals surface area contributed by atoms with E-state index >= 15 is 0 Å². The topological polar surface area (TPSA) is 43.4 Å². The summed E-state index contributed by atoms with van der Waals surface area (Å²) in [5, 5.41) is 0. The lowest BCUT2D eigenvalue weighted by atomic mass is 10.1. The van der Waals surface area contributed by atoms with Crippen LogP contribution in [0.2, 0.25) is 0 Å². The Hall–Kier alpha value is -0.990. The molecule has 1 unspecified atom stereocenters. The average Bonchev–Trinajstić information content (AvgIpc) is 2.34. The summed E-state index contributed by atoms with van der Waals surface area (Å²) in [5.74, 6) is 0.286. The molecule has 0 aliphatic heterocycles. The largest absolute Gasteiger partial charge is 0.518 e. The van der Waals surface area contributed by atoms with E-state index < -0.39 is 5.82 Å². The van der Waals surface area contributed by atoms with Crippen molar-refractivity contribution in [3.05, 3.63) is 22.6 Å². The highest BCUT2D eigenvalue weighted by Gasteiger charge is 2.07. The van der Waals surface area contributed by atoms with Crippen LogP contribution in [0.5, 0.6) is 0 Å². The average molecular weight is 142 g/mol. The van der Waals surface area contributed by atoms with Crippen molar-refractivity contribution < 1.29 is 8.83 Å². The van der Waals surface area contributed by atoms with Crippen LogP contribution in [0.25, 0.3) is 0 Å². The fourth-order valence-corrected chi connectivity index (χ4v) is 0.668. The zero-order valence-electron chi connectivity index (χ0n) is 6.09. The molecular weight excluding hydrogens is 132 g/mol. The summed E-state index contributed by atoms with van der Waals surface area (Å²) < 4.78 is 9.18. The molecule has 0 aromatic carbocycles. The Morgan fingerprint density at radius 3 is 2.80 bits per heavy atom. The molecule has 0 fully saturated rings. The summed E-state index contributed by atoms with van der Waals surface area (Å²) in [5.41, 5.74) is 0. The van der Waals surface area contributed by atoms with Crippen LogP contribution in [-0.2, 0) is 0 Å². The van der Waals surface area contributed by atoms with E-state index in [1.54, 1.807) is 0 Å². The zero-order chi connectivity index (χ0) is 7.56. The van der Waals surface area contributed by atoms with E-state index in [1.165, 1.54) is 6.26 Å². The minimum atomic E-state index is -0.615. The van der Waals surface area contributed by atoms with Gasteiger partial charge in [0.2, 0.25) is 0 Å². The molecule has 0 N–H and O–H groups in total. The molecule has 0 saturated carbocycles. The van der Waals surface area contributed by atoms with Crippen LogP contribution >= 0.6 is 0 Å². The molecule has 56 valence electrons. The Kier molecular flexibility index (Phi) is 1.94. The SMILES string of the molecule is CCC(C)c1coc(=O)o1. The summed E-state index contributed by atoms with van der Waals surface area (Å²) in [6.07, 6.45) is 2.32. The molecular formula is C7H10O3. The molecule has 0 spiro atoms. The van der Waals surface area contributed by atoms with Gasteiger partial charge in [0, 0.05) is 5.92 Å². The van der Waals surface area contributed by atoms with Gasteiger partial charge in [-0.15, -0.1) is 0 Å². The van der Waals surface area contributed by atoms with Gasteiger partial charge in [0.15, 0.2) is 0 Å². The maximum absolute atomic E-state index is 10.4. The minimum absolute atomic E-state index is 0.270. The lowest BCUT2D eigenvalue weighted by Gasteiger charge is -1.98. The lowest BCUT2D eigenvalue weighted by molar-refractivity contribution is 0.365. The number of rotatable bonds is 2. The van der Waals surface area contributed by atoms with Gasteiger partial charge in [0.25, 0.3) is 0 Å². The molecule has 3 nitrogen and oxygen atoms in total. The van der Waals surface area contributed by atoms with Crippen molar-refractivity contribution in [2.45, 2.75) is 26.2 Å². The highest BCUT2D eigenvalue weighted by molar-refractivity contribution is 4.93. The molecule has 10 heavy (non-hydrogen) atoms. The maximum atomic E-state index is 10.4. The molecule has 0 aliphatic rings. The van der Waals surface area contributed by atoms with Gasteiger partial charge in [-0.3, -0.25) is 0 Å². The predicted molar refractivity (Wildman–Crippen MR) is 35.9 cm³/mol. The maximum Gasteiger partial charge on any atom is 0.518 e. The molecule has 1 rings (SSSR count). The van der Waals surface area contributed by atoms with Crippen molar-refractivity contribution in [3.63, 3.8) is 0 Å². The van der Waals surface area contributed by atoms with Gasteiger partial charge in [-0.1, -0.05) is 13.8 Å². The molecule has 0 aliphatic carbocycles. The van der Waals surface area contributed by atoms with Gasteiger partial charge in [-0.2, -0.15) is 0 Å². The Labute approximate surface area is 58.7 Å². The van der Waals surface area contributed by atoms with Gasteiger partial charge in [0.1, 0.15) is 12.0 Å². The molecule has 1 atom stereocenters. The molecule has 1 aromatic heterocycles. The van der Waals surface area contributed by atoms with Gasteiger partial charge < -0.3 is 8.83 Å². The first-order chi connectivity index (χ1) is 4.74. The summed E-state index contributed by atoms with van der Waals surface area (Å²) in [6, 6.07) is 0. The van der Waals surface area contributed by atoms with Crippen molar-refractivity contribution in [1.29, 1.82) is 0 Å². The summed E-state index contributed by atoms with van der Waals surface area (Å²) in [7, 11) is 0. The van der Waals surface area contributed by atoms with Crippen molar-refractivity contribution in [1.82, 2.24) is 0 Å². The molecule has 1 heterocycles. The highest BCUT2D eigenvalue weighted by Crippen LogP contribution is 2.15. The molecule has 0 saturated heterocycles. The number of hydrogen-bond donors (Lipinski definition) is 0. The third kappa shape index (κ3) is 1.29. The van der Waals surface area contributed by atoms with Crippen LogP contribution in [0.15, 0.2) is 19.9 Å². The van der Waals surface area contributed by atoms with Gasteiger partial charge in [0.05, 0.1) is 0 Å². The van der Waals surface area contributed by atoms with Crippen LogP contribution in [0.4, 0.5) is 0 Å².